The molecule has 0 heterocycles. The minimum atomic E-state index is -0.613. The van der Waals surface area contributed by atoms with Crippen LogP contribution in [-0.2, 0) is 9.53 Å². The standard InChI is InChI=1S/C17H12O3/c1-11(18)20-17(19)15-8-4-7-14-9-12-5-2-3-6-13(12)10-16(14)15/h2-10H,1H3. The molecule has 0 aliphatic carbocycles. The molecule has 3 aromatic carbocycles. The van der Waals surface area contributed by atoms with E-state index in [9.17, 15) is 9.59 Å². The Morgan fingerprint density at radius 1 is 0.850 bits per heavy atom. The second-order valence-corrected chi connectivity index (χ2v) is 4.61. The highest BCUT2D eigenvalue weighted by molar-refractivity contribution is 6.10. The fourth-order valence-electron chi connectivity index (χ4n) is 2.33. The van der Waals surface area contributed by atoms with Crippen molar-refractivity contribution < 1.29 is 14.3 Å². The van der Waals surface area contributed by atoms with Crippen molar-refractivity contribution >= 4 is 33.5 Å². The van der Waals surface area contributed by atoms with E-state index in [1.165, 1.54) is 6.92 Å². The third-order valence-electron chi connectivity index (χ3n) is 3.20. The fourth-order valence-corrected chi connectivity index (χ4v) is 2.33. The summed E-state index contributed by atoms with van der Waals surface area (Å²) in [5, 5.41) is 3.89. The van der Waals surface area contributed by atoms with Gasteiger partial charge in [-0.2, -0.15) is 0 Å². The molecule has 0 aliphatic rings. The average molecular weight is 264 g/mol. The van der Waals surface area contributed by atoms with Gasteiger partial charge in [0.1, 0.15) is 0 Å². The highest BCUT2D eigenvalue weighted by atomic mass is 16.6. The number of carbonyl (C=O) groups is 2. The van der Waals surface area contributed by atoms with Crippen LogP contribution in [0.2, 0.25) is 0 Å². The van der Waals surface area contributed by atoms with E-state index in [4.69, 9.17) is 0 Å². The van der Waals surface area contributed by atoms with Crippen molar-refractivity contribution in [3.05, 3.63) is 60.2 Å². The summed E-state index contributed by atoms with van der Waals surface area (Å²) < 4.78 is 4.68. The van der Waals surface area contributed by atoms with Crippen molar-refractivity contribution in [3.8, 4) is 0 Å². The van der Waals surface area contributed by atoms with E-state index >= 15 is 0 Å². The molecule has 0 amide bonds. The van der Waals surface area contributed by atoms with Gasteiger partial charge in [-0.05, 0) is 39.7 Å². The highest BCUT2D eigenvalue weighted by Gasteiger charge is 2.13. The molecule has 3 nitrogen and oxygen atoms in total. The van der Waals surface area contributed by atoms with Gasteiger partial charge in [0.05, 0.1) is 5.56 Å². The number of fused-ring (bicyclic) bond motifs is 2. The zero-order valence-corrected chi connectivity index (χ0v) is 10.9. The Balaban J connectivity index is 2.25. The molecule has 0 saturated heterocycles. The monoisotopic (exact) mass is 264 g/mol. The lowest BCUT2D eigenvalue weighted by atomic mass is 10.00. The molecule has 0 N–H and O–H groups in total. The van der Waals surface area contributed by atoms with Gasteiger partial charge in [0.15, 0.2) is 0 Å². The maximum Gasteiger partial charge on any atom is 0.346 e. The van der Waals surface area contributed by atoms with Gasteiger partial charge in [0, 0.05) is 6.92 Å². The normalized spacial score (nSPS) is 10.7. The van der Waals surface area contributed by atoms with E-state index in [0.29, 0.717) is 5.56 Å². The van der Waals surface area contributed by atoms with Crippen LogP contribution in [0, 0.1) is 0 Å². The number of hydrogen-bond acceptors (Lipinski definition) is 3. The SMILES string of the molecule is CC(=O)OC(=O)c1cccc2cc3ccccc3cc12. The molecule has 0 atom stereocenters. The van der Waals surface area contributed by atoms with Crippen LogP contribution in [-0.4, -0.2) is 11.9 Å². The van der Waals surface area contributed by atoms with Crippen LogP contribution in [0.1, 0.15) is 17.3 Å². The first-order chi connectivity index (χ1) is 9.65. The molecule has 0 bridgehead atoms. The molecule has 98 valence electrons. The Morgan fingerprint density at radius 2 is 1.50 bits per heavy atom. The smallest absolute Gasteiger partial charge is 0.346 e. The van der Waals surface area contributed by atoms with Crippen molar-refractivity contribution in [3.63, 3.8) is 0 Å². The molecular weight excluding hydrogens is 252 g/mol. The second-order valence-electron chi connectivity index (χ2n) is 4.61. The van der Waals surface area contributed by atoms with Gasteiger partial charge in [0.25, 0.3) is 0 Å². The Morgan fingerprint density at radius 3 is 2.20 bits per heavy atom. The summed E-state index contributed by atoms with van der Waals surface area (Å²) in [6, 6.07) is 17.3. The molecule has 0 saturated carbocycles. The number of ether oxygens (including phenoxy) is 1. The van der Waals surface area contributed by atoms with Crippen LogP contribution in [0.15, 0.2) is 54.6 Å². The number of esters is 2. The summed E-state index contributed by atoms with van der Waals surface area (Å²) in [6.45, 7) is 1.22. The maximum atomic E-state index is 12.0. The first-order valence-electron chi connectivity index (χ1n) is 6.29. The van der Waals surface area contributed by atoms with Gasteiger partial charge < -0.3 is 4.74 Å². The van der Waals surface area contributed by atoms with Crippen molar-refractivity contribution in [2.24, 2.45) is 0 Å². The van der Waals surface area contributed by atoms with Gasteiger partial charge >= 0.3 is 11.9 Å². The van der Waals surface area contributed by atoms with Crippen LogP contribution in [0.4, 0.5) is 0 Å². The number of carbonyl (C=O) groups excluding carboxylic acids is 2. The Labute approximate surface area is 115 Å². The second kappa shape index (κ2) is 4.78. The van der Waals surface area contributed by atoms with E-state index in [2.05, 4.69) is 4.74 Å². The third kappa shape index (κ3) is 2.14. The zero-order chi connectivity index (χ0) is 14.1. The van der Waals surface area contributed by atoms with Gasteiger partial charge in [-0.15, -0.1) is 0 Å². The lowest BCUT2D eigenvalue weighted by molar-refractivity contribution is -0.135. The lowest BCUT2D eigenvalue weighted by Crippen LogP contribution is -2.09. The highest BCUT2D eigenvalue weighted by Crippen LogP contribution is 2.25. The third-order valence-corrected chi connectivity index (χ3v) is 3.20. The molecule has 0 radical (unpaired) electrons. The van der Waals surface area contributed by atoms with E-state index in [1.54, 1.807) is 12.1 Å². The van der Waals surface area contributed by atoms with Crippen LogP contribution >= 0.6 is 0 Å². The van der Waals surface area contributed by atoms with Crippen molar-refractivity contribution in [1.82, 2.24) is 0 Å². The summed E-state index contributed by atoms with van der Waals surface area (Å²) in [4.78, 5) is 22.9. The largest absolute Gasteiger partial charge is 0.390 e. The summed E-state index contributed by atoms with van der Waals surface area (Å²) in [5.74, 6) is -1.22. The topological polar surface area (TPSA) is 43.4 Å². The molecule has 3 rings (SSSR count). The summed E-state index contributed by atoms with van der Waals surface area (Å²) in [6.07, 6.45) is 0. The number of hydrogen-bond donors (Lipinski definition) is 0. The molecule has 3 aromatic rings. The molecule has 0 spiro atoms. The van der Waals surface area contributed by atoms with Crippen LogP contribution in [0.3, 0.4) is 0 Å². The first kappa shape index (κ1) is 12.4. The Kier molecular flexibility index (Phi) is 2.95. The van der Waals surface area contributed by atoms with Gasteiger partial charge in [-0.3, -0.25) is 4.79 Å². The first-order valence-corrected chi connectivity index (χ1v) is 6.29. The molecular formula is C17H12O3. The molecule has 0 unspecified atom stereocenters. The van der Waals surface area contributed by atoms with E-state index < -0.39 is 11.9 Å². The predicted molar refractivity (Wildman–Crippen MR) is 77.6 cm³/mol. The Bertz CT molecular complexity index is 834. The van der Waals surface area contributed by atoms with E-state index in [-0.39, 0.29) is 0 Å². The van der Waals surface area contributed by atoms with Gasteiger partial charge in [-0.1, -0.05) is 36.4 Å². The molecule has 20 heavy (non-hydrogen) atoms. The summed E-state index contributed by atoms with van der Waals surface area (Å²) >= 11 is 0. The number of rotatable bonds is 1. The Hall–Kier alpha value is -2.68. The minimum Gasteiger partial charge on any atom is -0.390 e. The quantitative estimate of drug-likeness (QED) is 0.382. The zero-order valence-electron chi connectivity index (χ0n) is 10.9. The van der Waals surface area contributed by atoms with Crippen LogP contribution < -0.4 is 0 Å². The lowest BCUT2D eigenvalue weighted by Gasteiger charge is -2.07. The maximum absolute atomic E-state index is 12.0. The molecule has 0 aromatic heterocycles. The van der Waals surface area contributed by atoms with E-state index in [0.717, 1.165) is 21.5 Å². The molecule has 0 fully saturated rings. The average Bonchev–Trinajstić information content (AvgIpc) is 2.43. The van der Waals surface area contributed by atoms with Crippen molar-refractivity contribution in [1.29, 1.82) is 0 Å². The van der Waals surface area contributed by atoms with Gasteiger partial charge in [-0.25, -0.2) is 4.79 Å². The summed E-state index contributed by atoms with van der Waals surface area (Å²) in [7, 11) is 0. The predicted octanol–water partition coefficient (Wildman–Crippen LogP) is 3.70. The van der Waals surface area contributed by atoms with E-state index in [1.807, 2.05) is 42.5 Å². The summed E-state index contributed by atoms with van der Waals surface area (Å²) in [5.41, 5.74) is 0.406. The van der Waals surface area contributed by atoms with Crippen molar-refractivity contribution in [2.75, 3.05) is 0 Å². The fraction of sp³-hybridized carbons (Fsp3) is 0.0588. The minimum absolute atomic E-state index is 0.406. The molecule has 0 aliphatic heterocycles. The van der Waals surface area contributed by atoms with Gasteiger partial charge in [0.2, 0.25) is 0 Å². The number of benzene rings is 3. The van der Waals surface area contributed by atoms with Crippen LogP contribution in [0.25, 0.3) is 21.5 Å². The van der Waals surface area contributed by atoms with Crippen LogP contribution in [0.5, 0.6) is 0 Å². The molecule has 3 heteroatoms. The van der Waals surface area contributed by atoms with Crippen molar-refractivity contribution in [2.45, 2.75) is 6.92 Å².